The van der Waals surface area contributed by atoms with Crippen LogP contribution in [0.5, 0.6) is 5.75 Å². The van der Waals surface area contributed by atoms with E-state index >= 15 is 0 Å². The first kappa shape index (κ1) is 23.0. The van der Waals surface area contributed by atoms with Crippen molar-refractivity contribution in [3.05, 3.63) is 90.0 Å². The zero-order valence-electron chi connectivity index (χ0n) is 18.7. The van der Waals surface area contributed by atoms with Crippen LogP contribution in [0.15, 0.2) is 78.9 Å². The molecule has 0 aliphatic rings. The minimum absolute atomic E-state index is 0.0496. The topological polar surface area (TPSA) is 70.7 Å². The van der Waals surface area contributed by atoms with Gasteiger partial charge in [-0.15, -0.1) is 0 Å². The predicted octanol–water partition coefficient (Wildman–Crippen LogP) is 4.64. The zero-order chi connectivity index (χ0) is 22.9. The Hall–Kier alpha value is -3.64. The van der Waals surface area contributed by atoms with Gasteiger partial charge >= 0.3 is 0 Å². The number of aryl methyl sites for hydroxylation is 1. The van der Waals surface area contributed by atoms with Crippen molar-refractivity contribution in [3.63, 3.8) is 0 Å². The molecule has 6 heteroatoms. The van der Waals surface area contributed by atoms with Crippen molar-refractivity contribution in [2.45, 2.75) is 19.9 Å². The second kappa shape index (κ2) is 11.1. The Bertz CT molecular complexity index is 1040. The summed E-state index contributed by atoms with van der Waals surface area (Å²) in [5, 5.41) is 5.86. The third-order valence-electron chi connectivity index (χ3n) is 4.98. The van der Waals surface area contributed by atoms with E-state index in [1.807, 2.05) is 86.6 Å². The Morgan fingerprint density at radius 2 is 1.56 bits per heavy atom. The molecule has 166 valence electrons. The molecule has 3 rings (SSSR count). The van der Waals surface area contributed by atoms with E-state index in [0.717, 1.165) is 16.8 Å². The van der Waals surface area contributed by atoms with E-state index in [0.29, 0.717) is 18.0 Å². The van der Waals surface area contributed by atoms with Gasteiger partial charge in [0.1, 0.15) is 11.8 Å². The van der Waals surface area contributed by atoms with Crippen molar-refractivity contribution in [1.82, 2.24) is 4.90 Å². The summed E-state index contributed by atoms with van der Waals surface area (Å²) in [5.74, 6) is 0.170. The Labute approximate surface area is 189 Å². The summed E-state index contributed by atoms with van der Waals surface area (Å²) in [6.07, 6.45) is 0. The van der Waals surface area contributed by atoms with Gasteiger partial charge in [-0.2, -0.15) is 0 Å². The number of para-hydroxylation sites is 2. The van der Waals surface area contributed by atoms with Gasteiger partial charge in [0.05, 0.1) is 18.8 Å². The molecule has 0 saturated carbocycles. The lowest BCUT2D eigenvalue weighted by Gasteiger charge is -2.27. The van der Waals surface area contributed by atoms with Crippen molar-refractivity contribution < 1.29 is 14.3 Å². The minimum Gasteiger partial charge on any atom is -0.492 e. The third kappa shape index (κ3) is 6.18. The maximum absolute atomic E-state index is 13.3. The number of hydrogen-bond acceptors (Lipinski definition) is 4. The van der Waals surface area contributed by atoms with Crippen LogP contribution in [0.3, 0.4) is 0 Å². The molecule has 1 atom stereocenters. The number of likely N-dealkylation sites (N-methyl/N-ethyl adjacent to an activating group) is 1. The van der Waals surface area contributed by atoms with Crippen LogP contribution in [0.25, 0.3) is 0 Å². The van der Waals surface area contributed by atoms with Crippen LogP contribution in [0.2, 0.25) is 0 Å². The fourth-order valence-electron chi connectivity index (χ4n) is 3.45. The average molecular weight is 432 g/mol. The lowest BCUT2D eigenvalue weighted by molar-refractivity contribution is -0.123. The zero-order valence-corrected chi connectivity index (χ0v) is 18.7. The number of rotatable bonds is 9. The largest absolute Gasteiger partial charge is 0.492 e. The predicted molar refractivity (Wildman–Crippen MR) is 128 cm³/mol. The SMILES string of the molecule is CCOc1ccccc1NC(=O)C(c1ccccc1)N(C)CC(=O)Nc1ccc(C)cc1. The first-order chi connectivity index (χ1) is 15.5. The number of anilines is 2. The normalized spacial score (nSPS) is 11.6. The molecule has 0 heterocycles. The fraction of sp³-hybridized carbons (Fsp3) is 0.231. The van der Waals surface area contributed by atoms with Crippen molar-refractivity contribution >= 4 is 23.2 Å². The highest BCUT2D eigenvalue weighted by Crippen LogP contribution is 2.27. The molecular weight excluding hydrogens is 402 g/mol. The molecule has 0 saturated heterocycles. The number of hydrogen-bond donors (Lipinski definition) is 2. The molecule has 0 spiro atoms. The van der Waals surface area contributed by atoms with Crippen LogP contribution in [0, 0.1) is 6.92 Å². The fourth-order valence-corrected chi connectivity index (χ4v) is 3.45. The van der Waals surface area contributed by atoms with Crippen molar-refractivity contribution in [1.29, 1.82) is 0 Å². The van der Waals surface area contributed by atoms with Gasteiger partial charge in [0.15, 0.2) is 0 Å². The third-order valence-corrected chi connectivity index (χ3v) is 4.98. The van der Waals surface area contributed by atoms with E-state index in [2.05, 4.69) is 10.6 Å². The monoisotopic (exact) mass is 431 g/mol. The van der Waals surface area contributed by atoms with Gasteiger partial charge in [0.25, 0.3) is 0 Å². The molecule has 2 N–H and O–H groups in total. The van der Waals surface area contributed by atoms with Gasteiger partial charge in [-0.1, -0.05) is 60.2 Å². The summed E-state index contributed by atoms with van der Waals surface area (Å²) < 4.78 is 5.63. The smallest absolute Gasteiger partial charge is 0.246 e. The minimum atomic E-state index is -0.658. The van der Waals surface area contributed by atoms with Crippen molar-refractivity contribution in [2.75, 3.05) is 30.8 Å². The molecule has 0 radical (unpaired) electrons. The summed E-state index contributed by atoms with van der Waals surface area (Å²) in [7, 11) is 1.76. The highest BCUT2D eigenvalue weighted by atomic mass is 16.5. The number of carbonyl (C=O) groups is 2. The van der Waals surface area contributed by atoms with Gasteiger partial charge in [0.2, 0.25) is 11.8 Å². The molecule has 32 heavy (non-hydrogen) atoms. The Morgan fingerprint density at radius 1 is 0.906 bits per heavy atom. The standard InChI is InChI=1S/C26H29N3O3/c1-4-32-23-13-9-8-12-22(23)28-26(31)25(20-10-6-5-7-11-20)29(3)18-24(30)27-21-16-14-19(2)15-17-21/h5-17,25H,4,18H2,1-3H3,(H,27,30)(H,28,31). The number of carbonyl (C=O) groups excluding carboxylic acids is 2. The number of benzene rings is 3. The van der Waals surface area contributed by atoms with Crippen LogP contribution in [-0.4, -0.2) is 36.9 Å². The second-order valence-corrected chi connectivity index (χ2v) is 7.56. The van der Waals surface area contributed by atoms with Crippen LogP contribution >= 0.6 is 0 Å². The summed E-state index contributed by atoms with van der Waals surface area (Å²) >= 11 is 0. The van der Waals surface area contributed by atoms with Crippen LogP contribution < -0.4 is 15.4 Å². The molecule has 3 aromatic rings. The number of amides is 2. The summed E-state index contributed by atoms with van der Waals surface area (Å²) in [4.78, 5) is 27.7. The molecule has 3 aromatic carbocycles. The van der Waals surface area contributed by atoms with E-state index in [1.54, 1.807) is 18.0 Å². The number of ether oxygens (including phenoxy) is 1. The van der Waals surface area contributed by atoms with Crippen LogP contribution in [0.1, 0.15) is 24.1 Å². The Kier molecular flexibility index (Phi) is 8.00. The quantitative estimate of drug-likeness (QED) is 0.518. The molecule has 0 bridgehead atoms. The summed E-state index contributed by atoms with van der Waals surface area (Å²) in [5.41, 5.74) is 3.23. The molecule has 6 nitrogen and oxygen atoms in total. The van der Waals surface area contributed by atoms with Gasteiger partial charge < -0.3 is 15.4 Å². The molecule has 2 amide bonds. The molecule has 1 unspecified atom stereocenters. The van der Waals surface area contributed by atoms with Crippen molar-refractivity contribution in [2.24, 2.45) is 0 Å². The van der Waals surface area contributed by atoms with Gasteiger partial charge in [-0.25, -0.2) is 0 Å². The molecule has 0 fully saturated rings. The highest BCUT2D eigenvalue weighted by molar-refractivity contribution is 5.98. The lowest BCUT2D eigenvalue weighted by Crippen LogP contribution is -2.39. The lowest BCUT2D eigenvalue weighted by atomic mass is 10.0. The Morgan fingerprint density at radius 3 is 2.25 bits per heavy atom. The first-order valence-electron chi connectivity index (χ1n) is 10.6. The second-order valence-electron chi connectivity index (χ2n) is 7.56. The van der Waals surface area contributed by atoms with Gasteiger partial charge in [-0.05, 0) is 50.7 Å². The molecule has 0 aliphatic heterocycles. The molecular formula is C26H29N3O3. The average Bonchev–Trinajstić information content (AvgIpc) is 2.78. The number of nitrogens with one attached hydrogen (secondary N) is 2. The van der Waals surface area contributed by atoms with Gasteiger partial charge in [-0.3, -0.25) is 14.5 Å². The Balaban J connectivity index is 1.77. The van der Waals surface area contributed by atoms with E-state index < -0.39 is 6.04 Å². The first-order valence-corrected chi connectivity index (χ1v) is 10.6. The maximum atomic E-state index is 13.3. The van der Waals surface area contributed by atoms with Crippen molar-refractivity contribution in [3.8, 4) is 5.75 Å². The maximum Gasteiger partial charge on any atom is 0.246 e. The highest BCUT2D eigenvalue weighted by Gasteiger charge is 2.27. The van der Waals surface area contributed by atoms with E-state index in [1.165, 1.54) is 0 Å². The summed E-state index contributed by atoms with van der Waals surface area (Å²) in [6.45, 7) is 4.43. The number of nitrogens with zero attached hydrogens (tertiary/aromatic N) is 1. The van der Waals surface area contributed by atoms with Gasteiger partial charge in [0, 0.05) is 5.69 Å². The van der Waals surface area contributed by atoms with E-state index in [9.17, 15) is 9.59 Å². The van der Waals surface area contributed by atoms with E-state index in [-0.39, 0.29) is 18.4 Å². The van der Waals surface area contributed by atoms with E-state index in [4.69, 9.17) is 4.74 Å². The van der Waals surface area contributed by atoms with Crippen LogP contribution in [0.4, 0.5) is 11.4 Å². The molecule has 0 aromatic heterocycles. The summed E-state index contributed by atoms with van der Waals surface area (Å²) in [6, 6.07) is 23.7. The molecule has 0 aliphatic carbocycles. The van der Waals surface area contributed by atoms with Crippen LogP contribution in [-0.2, 0) is 9.59 Å².